The van der Waals surface area contributed by atoms with Crippen molar-refractivity contribution in [2.24, 2.45) is 5.84 Å². The third-order valence-electron chi connectivity index (χ3n) is 3.19. The number of benzene rings is 1. The van der Waals surface area contributed by atoms with Gasteiger partial charge in [-0.25, -0.2) is 15.5 Å². The Morgan fingerprint density at radius 2 is 2.19 bits per heavy atom. The summed E-state index contributed by atoms with van der Waals surface area (Å²) >= 11 is 7.60. The van der Waals surface area contributed by atoms with E-state index in [-0.39, 0.29) is 5.91 Å². The summed E-state index contributed by atoms with van der Waals surface area (Å²) in [6.45, 7) is 3.56. The summed E-state index contributed by atoms with van der Waals surface area (Å²) in [6, 6.07) is 5.62. The lowest BCUT2D eigenvalue weighted by molar-refractivity contribution is 0.0952. The molecule has 1 amide bonds. The summed E-state index contributed by atoms with van der Waals surface area (Å²) in [4.78, 5) is 16.3. The first kappa shape index (κ1) is 14.0. The van der Waals surface area contributed by atoms with Crippen LogP contribution in [0, 0.1) is 13.8 Å². The van der Waals surface area contributed by atoms with Crippen molar-refractivity contribution in [3.05, 3.63) is 40.2 Å². The number of carbonyl (C=O) groups is 1. The molecule has 0 spiro atoms. The Balaban J connectivity index is 2.19. The minimum Gasteiger partial charge on any atom is -0.290 e. The van der Waals surface area contributed by atoms with Crippen molar-refractivity contribution < 1.29 is 4.79 Å². The van der Waals surface area contributed by atoms with Crippen molar-refractivity contribution in [3.8, 4) is 5.13 Å². The van der Waals surface area contributed by atoms with Crippen molar-refractivity contribution >= 4 is 39.1 Å². The summed E-state index contributed by atoms with van der Waals surface area (Å²) < 4.78 is 2.61. The second kappa shape index (κ2) is 5.10. The van der Waals surface area contributed by atoms with Crippen LogP contribution in [-0.2, 0) is 0 Å². The summed E-state index contributed by atoms with van der Waals surface area (Å²) in [5.41, 5.74) is 4.61. The van der Waals surface area contributed by atoms with Gasteiger partial charge in [0.1, 0.15) is 5.52 Å². The highest BCUT2D eigenvalue weighted by atomic mass is 35.5. The minimum atomic E-state index is -0.365. The maximum atomic E-state index is 11.8. The third kappa shape index (κ3) is 2.19. The molecule has 0 atom stereocenters. The first-order valence-corrected chi connectivity index (χ1v) is 7.35. The van der Waals surface area contributed by atoms with E-state index in [0.717, 1.165) is 10.2 Å². The summed E-state index contributed by atoms with van der Waals surface area (Å²) in [5, 5.41) is 5.64. The van der Waals surface area contributed by atoms with Gasteiger partial charge in [0.2, 0.25) is 5.13 Å². The average Bonchev–Trinajstić information content (AvgIpc) is 3.00. The monoisotopic (exact) mass is 321 g/mol. The lowest BCUT2D eigenvalue weighted by Gasteiger charge is -2.00. The van der Waals surface area contributed by atoms with E-state index in [9.17, 15) is 4.79 Å². The van der Waals surface area contributed by atoms with Gasteiger partial charge in [-0.2, -0.15) is 5.10 Å². The molecule has 0 aliphatic rings. The van der Waals surface area contributed by atoms with Crippen LogP contribution in [0.25, 0.3) is 15.3 Å². The van der Waals surface area contributed by atoms with E-state index in [0.29, 0.717) is 27.1 Å². The molecule has 0 aliphatic heterocycles. The fourth-order valence-corrected chi connectivity index (χ4v) is 3.49. The number of hydrazine groups is 1. The lowest BCUT2D eigenvalue weighted by Crippen LogP contribution is -2.30. The molecule has 108 valence electrons. The summed E-state index contributed by atoms with van der Waals surface area (Å²) in [7, 11) is 0. The molecule has 3 N–H and O–H groups in total. The number of hydrogen-bond donors (Lipinski definition) is 2. The Morgan fingerprint density at radius 3 is 2.86 bits per heavy atom. The molecule has 0 aliphatic carbocycles. The number of rotatable bonds is 2. The molecule has 0 radical (unpaired) electrons. The number of carbonyl (C=O) groups excluding carboxylic acids is 1. The zero-order valence-corrected chi connectivity index (χ0v) is 12.9. The lowest BCUT2D eigenvalue weighted by atomic mass is 10.2. The second-order valence-corrected chi connectivity index (χ2v) is 5.93. The highest BCUT2D eigenvalue weighted by molar-refractivity contribution is 7.20. The summed E-state index contributed by atoms with van der Waals surface area (Å²) in [5.74, 6) is 4.84. The van der Waals surface area contributed by atoms with Gasteiger partial charge in [-0.05, 0) is 26.0 Å². The number of fused-ring (bicyclic) bond motifs is 1. The number of amides is 1. The van der Waals surface area contributed by atoms with Gasteiger partial charge in [0, 0.05) is 0 Å². The molecule has 8 heteroatoms. The van der Waals surface area contributed by atoms with Crippen LogP contribution >= 0.6 is 22.9 Å². The van der Waals surface area contributed by atoms with E-state index in [1.165, 1.54) is 11.3 Å². The van der Waals surface area contributed by atoms with Gasteiger partial charge in [-0.3, -0.25) is 10.2 Å². The number of aryl methyl sites for hydroxylation is 1. The Labute approximate surface area is 129 Å². The number of hydrogen-bond acceptors (Lipinski definition) is 5. The van der Waals surface area contributed by atoms with Gasteiger partial charge in [-0.15, -0.1) is 0 Å². The molecule has 3 rings (SSSR count). The Bertz CT molecular complexity index is 854. The van der Waals surface area contributed by atoms with E-state index >= 15 is 0 Å². The number of para-hydroxylation sites is 1. The fourth-order valence-electron chi connectivity index (χ4n) is 2.22. The number of nitrogens with zero attached hydrogens (tertiary/aromatic N) is 3. The Hall–Kier alpha value is -1.96. The van der Waals surface area contributed by atoms with Gasteiger partial charge in [0.05, 0.1) is 26.7 Å². The molecule has 2 aromatic heterocycles. The van der Waals surface area contributed by atoms with Gasteiger partial charge in [0.15, 0.2) is 0 Å². The van der Waals surface area contributed by atoms with Crippen LogP contribution < -0.4 is 11.3 Å². The fraction of sp³-hybridized carbons (Fsp3) is 0.154. The highest BCUT2D eigenvalue weighted by Gasteiger charge is 2.20. The molecular weight excluding hydrogens is 310 g/mol. The minimum absolute atomic E-state index is 0.365. The second-order valence-electron chi connectivity index (χ2n) is 4.51. The molecular formula is C13H12ClN5OS. The predicted molar refractivity (Wildman–Crippen MR) is 82.9 cm³/mol. The van der Waals surface area contributed by atoms with E-state index < -0.39 is 0 Å². The molecule has 2 heterocycles. The number of halogens is 1. The van der Waals surface area contributed by atoms with Gasteiger partial charge in [-0.1, -0.05) is 29.0 Å². The molecule has 0 bridgehead atoms. The van der Waals surface area contributed by atoms with Gasteiger partial charge in [0.25, 0.3) is 5.91 Å². The molecule has 1 aromatic carbocycles. The SMILES string of the molecule is Cc1nn(-c2nc3c(Cl)cccc3s2)c(C)c1C(=O)NN. The number of nitrogen functional groups attached to an aromatic ring is 1. The van der Waals surface area contributed by atoms with E-state index in [1.807, 2.05) is 12.1 Å². The molecule has 0 unspecified atom stereocenters. The van der Waals surface area contributed by atoms with Crippen LogP contribution in [0.15, 0.2) is 18.2 Å². The van der Waals surface area contributed by atoms with E-state index in [2.05, 4.69) is 15.5 Å². The molecule has 0 saturated carbocycles. The number of thiazole rings is 1. The topological polar surface area (TPSA) is 85.8 Å². The average molecular weight is 322 g/mol. The van der Waals surface area contributed by atoms with Crippen LogP contribution in [0.2, 0.25) is 5.02 Å². The molecule has 21 heavy (non-hydrogen) atoms. The van der Waals surface area contributed by atoms with Crippen molar-refractivity contribution in [1.82, 2.24) is 20.2 Å². The zero-order chi connectivity index (χ0) is 15.1. The van der Waals surface area contributed by atoms with Crippen LogP contribution in [-0.4, -0.2) is 20.7 Å². The highest BCUT2D eigenvalue weighted by Crippen LogP contribution is 2.30. The number of nitrogens with one attached hydrogen (secondary N) is 1. The van der Waals surface area contributed by atoms with Crippen LogP contribution in [0.4, 0.5) is 0 Å². The van der Waals surface area contributed by atoms with Crippen LogP contribution in [0.3, 0.4) is 0 Å². The van der Waals surface area contributed by atoms with Crippen LogP contribution in [0.1, 0.15) is 21.7 Å². The van der Waals surface area contributed by atoms with Gasteiger partial charge < -0.3 is 0 Å². The first-order chi connectivity index (χ1) is 10.0. The van der Waals surface area contributed by atoms with E-state index in [1.54, 1.807) is 24.6 Å². The standard InChI is InChI=1S/C13H12ClN5OS/c1-6-10(12(20)17-15)7(2)19(18-6)13-16-11-8(14)4-3-5-9(11)21-13/h3-5H,15H2,1-2H3,(H,17,20). The van der Waals surface area contributed by atoms with Crippen molar-refractivity contribution in [1.29, 1.82) is 0 Å². The van der Waals surface area contributed by atoms with E-state index in [4.69, 9.17) is 17.4 Å². The maximum Gasteiger partial charge on any atom is 0.268 e. The summed E-state index contributed by atoms with van der Waals surface area (Å²) in [6.07, 6.45) is 0. The van der Waals surface area contributed by atoms with Crippen LogP contribution in [0.5, 0.6) is 0 Å². The smallest absolute Gasteiger partial charge is 0.268 e. The zero-order valence-electron chi connectivity index (χ0n) is 11.3. The Morgan fingerprint density at radius 1 is 1.43 bits per heavy atom. The van der Waals surface area contributed by atoms with Crippen molar-refractivity contribution in [2.75, 3.05) is 0 Å². The Kier molecular flexibility index (Phi) is 3.40. The van der Waals surface area contributed by atoms with Gasteiger partial charge >= 0.3 is 0 Å². The molecule has 0 saturated heterocycles. The quantitative estimate of drug-likeness (QED) is 0.431. The number of nitrogens with two attached hydrogens (primary N) is 1. The predicted octanol–water partition coefficient (Wildman–Crippen LogP) is 2.36. The molecule has 6 nitrogen and oxygen atoms in total. The first-order valence-electron chi connectivity index (χ1n) is 6.15. The number of aromatic nitrogens is 3. The molecule has 3 aromatic rings. The van der Waals surface area contributed by atoms with Crippen molar-refractivity contribution in [3.63, 3.8) is 0 Å². The normalized spacial score (nSPS) is 11.0. The van der Waals surface area contributed by atoms with Crippen molar-refractivity contribution in [2.45, 2.75) is 13.8 Å². The molecule has 0 fully saturated rings. The maximum absolute atomic E-state index is 11.8. The largest absolute Gasteiger partial charge is 0.290 e. The third-order valence-corrected chi connectivity index (χ3v) is 4.49.